The first-order valence-electron chi connectivity index (χ1n) is 12.3. The second-order valence-electron chi connectivity index (χ2n) is 8.77. The van der Waals surface area contributed by atoms with Gasteiger partial charge in [-0.2, -0.15) is 0 Å². The second-order valence-corrected chi connectivity index (χ2v) is 8.77. The van der Waals surface area contributed by atoms with Crippen LogP contribution in [0.5, 0.6) is 5.75 Å². The van der Waals surface area contributed by atoms with Gasteiger partial charge < -0.3 is 14.7 Å². The Balaban J connectivity index is 1.40. The van der Waals surface area contributed by atoms with Gasteiger partial charge in [0.15, 0.2) is 6.61 Å². The van der Waals surface area contributed by atoms with Crippen LogP contribution < -0.4 is 4.74 Å². The zero-order valence-electron chi connectivity index (χ0n) is 20.6. The predicted octanol–water partition coefficient (Wildman–Crippen LogP) is 5.35. The van der Waals surface area contributed by atoms with Crippen LogP contribution in [-0.4, -0.2) is 54.5 Å². The number of carboxylic acid groups (broad SMARTS) is 1. The van der Waals surface area contributed by atoms with Crippen molar-refractivity contribution in [3.8, 4) is 16.9 Å². The molecule has 0 aromatic heterocycles. The Morgan fingerprint density at radius 3 is 2.44 bits per heavy atom. The average molecular weight is 485 g/mol. The lowest BCUT2D eigenvalue weighted by Crippen LogP contribution is -2.33. The van der Waals surface area contributed by atoms with Crippen molar-refractivity contribution < 1.29 is 19.5 Å². The zero-order chi connectivity index (χ0) is 25.2. The van der Waals surface area contributed by atoms with Crippen molar-refractivity contribution in [3.63, 3.8) is 0 Å². The summed E-state index contributed by atoms with van der Waals surface area (Å²) in [6.45, 7) is 5.06. The fourth-order valence-electron chi connectivity index (χ4n) is 4.19. The first-order chi connectivity index (χ1) is 17.6. The number of carbonyl (C=O) groups is 1. The zero-order valence-corrected chi connectivity index (χ0v) is 20.6. The molecule has 0 spiro atoms. The Bertz CT molecular complexity index is 1200. The van der Waals surface area contributed by atoms with E-state index in [4.69, 9.17) is 14.7 Å². The molecule has 0 atom stereocenters. The fraction of sp³-hybridized carbons (Fsp3) is 0.267. The Labute approximate surface area is 212 Å². The number of benzene rings is 3. The summed E-state index contributed by atoms with van der Waals surface area (Å²) in [5.41, 5.74) is 5.83. The van der Waals surface area contributed by atoms with Crippen LogP contribution in [0.25, 0.3) is 11.1 Å². The molecule has 0 unspecified atom stereocenters. The van der Waals surface area contributed by atoms with Crippen LogP contribution in [0.3, 0.4) is 0 Å². The molecule has 0 aliphatic carbocycles. The van der Waals surface area contributed by atoms with Crippen LogP contribution in [0.15, 0.2) is 90.1 Å². The minimum atomic E-state index is -0.860. The number of oxime groups is 1. The molecular weight excluding hydrogens is 452 g/mol. The molecule has 36 heavy (non-hydrogen) atoms. The summed E-state index contributed by atoms with van der Waals surface area (Å²) in [4.78, 5) is 19.1. The Hall–Kier alpha value is -3.90. The van der Waals surface area contributed by atoms with E-state index in [0.717, 1.165) is 47.5 Å². The minimum Gasteiger partial charge on any atom is -0.490 e. The Morgan fingerprint density at radius 2 is 1.72 bits per heavy atom. The molecule has 6 nitrogen and oxygen atoms in total. The monoisotopic (exact) mass is 484 g/mol. The maximum Gasteiger partial charge on any atom is 0.307 e. The topological polar surface area (TPSA) is 71.4 Å². The second kappa shape index (κ2) is 12.7. The van der Waals surface area contributed by atoms with Crippen molar-refractivity contribution in [1.29, 1.82) is 0 Å². The lowest BCUT2D eigenvalue weighted by molar-refractivity contribution is -0.136. The maximum absolute atomic E-state index is 11.1. The smallest absolute Gasteiger partial charge is 0.307 e. The molecular formula is C30H32N2O4. The average Bonchev–Trinajstić information content (AvgIpc) is 2.91. The van der Waals surface area contributed by atoms with Gasteiger partial charge in [-0.05, 0) is 41.7 Å². The highest BCUT2D eigenvalue weighted by atomic mass is 16.6. The number of ether oxygens (including phenoxy) is 1. The van der Waals surface area contributed by atoms with Gasteiger partial charge in [0.1, 0.15) is 18.1 Å². The summed E-state index contributed by atoms with van der Waals surface area (Å²) in [6, 6.07) is 24.2. The van der Waals surface area contributed by atoms with Gasteiger partial charge in [0.05, 0.1) is 6.42 Å². The molecule has 1 N–H and O–H groups in total. The third-order valence-corrected chi connectivity index (χ3v) is 6.19. The minimum absolute atomic E-state index is 0.0259. The normalized spacial score (nSPS) is 14.0. The molecule has 186 valence electrons. The molecule has 0 radical (unpaired) electrons. The highest BCUT2D eigenvalue weighted by Crippen LogP contribution is 2.22. The van der Waals surface area contributed by atoms with Crippen molar-refractivity contribution in [3.05, 3.63) is 102 Å². The number of hydrogen-bond acceptors (Lipinski definition) is 5. The van der Waals surface area contributed by atoms with Crippen molar-refractivity contribution in [2.75, 3.05) is 32.8 Å². The van der Waals surface area contributed by atoms with Gasteiger partial charge in [0, 0.05) is 25.2 Å². The SMILES string of the molecule is Cc1c(CC(=O)O)cccc1OCCON=C(CN1CC=CCC1)c1ccc(-c2ccccc2)cc1. The molecule has 0 bridgehead atoms. The predicted molar refractivity (Wildman–Crippen MR) is 143 cm³/mol. The van der Waals surface area contributed by atoms with Gasteiger partial charge in [-0.15, -0.1) is 0 Å². The quantitative estimate of drug-likeness (QED) is 0.172. The summed E-state index contributed by atoms with van der Waals surface area (Å²) in [5, 5.41) is 13.6. The van der Waals surface area contributed by atoms with Gasteiger partial charge in [-0.1, -0.05) is 84.0 Å². The van der Waals surface area contributed by atoms with Crippen LogP contribution >= 0.6 is 0 Å². The number of nitrogens with zero attached hydrogens (tertiary/aromatic N) is 2. The summed E-state index contributed by atoms with van der Waals surface area (Å²) in [7, 11) is 0. The van der Waals surface area contributed by atoms with Crippen LogP contribution in [-0.2, 0) is 16.1 Å². The van der Waals surface area contributed by atoms with E-state index < -0.39 is 5.97 Å². The van der Waals surface area contributed by atoms with E-state index in [1.807, 2.05) is 43.3 Å². The molecule has 1 aliphatic heterocycles. The highest BCUT2D eigenvalue weighted by Gasteiger charge is 2.13. The molecule has 0 amide bonds. The third-order valence-electron chi connectivity index (χ3n) is 6.19. The van der Waals surface area contributed by atoms with Gasteiger partial charge in [-0.25, -0.2) is 0 Å². The molecule has 1 aliphatic rings. The Morgan fingerprint density at radius 1 is 0.944 bits per heavy atom. The van der Waals surface area contributed by atoms with Crippen LogP contribution in [0.2, 0.25) is 0 Å². The van der Waals surface area contributed by atoms with Crippen molar-refractivity contribution in [2.45, 2.75) is 19.8 Å². The van der Waals surface area contributed by atoms with E-state index in [2.05, 4.69) is 58.6 Å². The molecule has 3 aromatic carbocycles. The van der Waals surface area contributed by atoms with E-state index in [1.54, 1.807) is 0 Å². The van der Waals surface area contributed by atoms with E-state index >= 15 is 0 Å². The summed E-state index contributed by atoms with van der Waals surface area (Å²) >= 11 is 0. The van der Waals surface area contributed by atoms with Crippen molar-refractivity contribution in [2.24, 2.45) is 5.16 Å². The Kier molecular flexibility index (Phi) is 8.89. The highest BCUT2D eigenvalue weighted by molar-refractivity contribution is 6.02. The largest absolute Gasteiger partial charge is 0.490 e. The van der Waals surface area contributed by atoms with Crippen LogP contribution in [0.1, 0.15) is 23.1 Å². The van der Waals surface area contributed by atoms with E-state index in [-0.39, 0.29) is 13.0 Å². The summed E-state index contributed by atoms with van der Waals surface area (Å²) in [5.74, 6) is -0.195. The standard InChI is InChI=1S/C30H32N2O4/c1-23-27(21-30(33)34)11-8-12-29(23)35-19-20-36-31-28(22-32-17-6-3-7-18-32)26-15-13-25(14-16-26)24-9-4-2-5-10-24/h2-6,8-16H,7,17-22H2,1H3,(H,33,34). The molecule has 0 fully saturated rings. The van der Waals surface area contributed by atoms with Crippen LogP contribution in [0.4, 0.5) is 0 Å². The van der Waals surface area contributed by atoms with E-state index in [9.17, 15) is 4.79 Å². The lowest BCUT2D eigenvalue weighted by Gasteiger charge is -2.23. The van der Waals surface area contributed by atoms with Gasteiger partial charge in [0.25, 0.3) is 0 Å². The maximum atomic E-state index is 11.1. The lowest BCUT2D eigenvalue weighted by atomic mass is 10.0. The third kappa shape index (κ3) is 7.06. The van der Waals surface area contributed by atoms with E-state index in [1.165, 1.54) is 5.56 Å². The summed E-state index contributed by atoms with van der Waals surface area (Å²) in [6.07, 6.45) is 5.41. The number of hydrogen-bond donors (Lipinski definition) is 1. The van der Waals surface area contributed by atoms with Gasteiger partial charge in [0.2, 0.25) is 0 Å². The molecule has 0 saturated heterocycles. The van der Waals surface area contributed by atoms with E-state index in [0.29, 0.717) is 18.9 Å². The summed E-state index contributed by atoms with van der Waals surface area (Å²) < 4.78 is 5.85. The van der Waals surface area contributed by atoms with Crippen molar-refractivity contribution >= 4 is 11.7 Å². The number of carboxylic acids is 1. The molecule has 0 saturated carbocycles. The first-order valence-corrected chi connectivity index (χ1v) is 12.3. The van der Waals surface area contributed by atoms with Crippen molar-refractivity contribution in [1.82, 2.24) is 4.90 Å². The first kappa shape index (κ1) is 25.2. The van der Waals surface area contributed by atoms with Gasteiger partial charge in [-0.3, -0.25) is 9.69 Å². The number of aliphatic carboxylic acids is 1. The molecule has 3 aromatic rings. The number of rotatable bonds is 11. The molecule has 6 heteroatoms. The molecule has 1 heterocycles. The van der Waals surface area contributed by atoms with Crippen LogP contribution in [0, 0.1) is 6.92 Å². The molecule has 4 rings (SSSR count). The fourth-order valence-corrected chi connectivity index (χ4v) is 4.19. The van der Waals surface area contributed by atoms with Gasteiger partial charge >= 0.3 is 5.97 Å².